The minimum absolute atomic E-state index is 0.0314. The number of fused-ring (bicyclic) bond motifs is 1. The first-order valence-electron chi connectivity index (χ1n) is 9.88. The number of hydrogen-bond acceptors (Lipinski definition) is 6. The number of rotatable bonds is 5. The molecule has 1 amide bonds. The van der Waals surface area contributed by atoms with Crippen LogP contribution in [0, 0.1) is 18.3 Å². The third-order valence-electron chi connectivity index (χ3n) is 6.40. The summed E-state index contributed by atoms with van der Waals surface area (Å²) < 4.78 is 16.6. The number of benzene rings is 1. The van der Waals surface area contributed by atoms with Gasteiger partial charge in [-0.1, -0.05) is 13.8 Å². The average Bonchev–Trinajstić information content (AvgIpc) is 3.32. The van der Waals surface area contributed by atoms with E-state index in [1.165, 1.54) is 11.3 Å². The number of ether oxygens (including phenoxy) is 3. The minimum Gasteiger partial charge on any atom is -0.493 e. The van der Waals surface area contributed by atoms with Crippen molar-refractivity contribution in [1.82, 2.24) is 9.88 Å². The summed E-state index contributed by atoms with van der Waals surface area (Å²) >= 11 is 1.43. The predicted octanol–water partition coefficient (Wildman–Crippen LogP) is 4.02. The molecule has 156 valence electrons. The summed E-state index contributed by atoms with van der Waals surface area (Å²) in [5.41, 5.74) is 1.63. The van der Waals surface area contributed by atoms with E-state index in [2.05, 4.69) is 18.8 Å². The van der Waals surface area contributed by atoms with E-state index in [-0.39, 0.29) is 23.5 Å². The Morgan fingerprint density at radius 2 is 2.00 bits per heavy atom. The fourth-order valence-electron chi connectivity index (χ4n) is 5.06. The van der Waals surface area contributed by atoms with Crippen LogP contribution in [-0.2, 0) is 4.74 Å². The summed E-state index contributed by atoms with van der Waals surface area (Å²) in [7, 11) is 5.14. The van der Waals surface area contributed by atoms with Crippen molar-refractivity contribution < 1.29 is 19.0 Å². The zero-order chi connectivity index (χ0) is 20.9. The molecule has 2 fully saturated rings. The van der Waals surface area contributed by atoms with Gasteiger partial charge in [0.05, 0.1) is 26.0 Å². The third kappa shape index (κ3) is 3.11. The lowest BCUT2D eigenvalue weighted by molar-refractivity contribution is -0.139. The third-order valence-corrected chi connectivity index (χ3v) is 7.59. The molecule has 1 aromatic carbocycles. The molecule has 0 radical (unpaired) electrons. The van der Waals surface area contributed by atoms with Crippen molar-refractivity contribution in [3.05, 3.63) is 28.8 Å². The average molecular weight is 417 g/mol. The molecule has 0 bridgehead atoms. The number of carbonyl (C=O) groups excluding carboxylic acids is 1. The first kappa shape index (κ1) is 20.2. The zero-order valence-electron chi connectivity index (χ0n) is 17.8. The second kappa shape index (κ2) is 7.29. The van der Waals surface area contributed by atoms with E-state index in [4.69, 9.17) is 14.2 Å². The van der Waals surface area contributed by atoms with E-state index < -0.39 is 0 Å². The normalized spacial score (nSPS) is 24.6. The molecule has 4 rings (SSSR count). The van der Waals surface area contributed by atoms with Gasteiger partial charge in [0.25, 0.3) is 5.91 Å². The van der Waals surface area contributed by atoms with Gasteiger partial charge < -0.3 is 19.1 Å². The highest BCUT2D eigenvalue weighted by molar-refractivity contribution is 7.17. The Balaban J connectivity index is 1.60. The van der Waals surface area contributed by atoms with Gasteiger partial charge in [-0.05, 0) is 31.5 Å². The quantitative estimate of drug-likeness (QED) is 0.737. The van der Waals surface area contributed by atoms with Gasteiger partial charge in [-0.3, -0.25) is 4.79 Å². The van der Waals surface area contributed by atoms with E-state index in [1.54, 1.807) is 14.2 Å². The van der Waals surface area contributed by atoms with E-state index in [0.29, 0.717) is 22.3 Å². The molecule has 1 aromatic heterocycles. The largest absolute Gasteiger partial charge is 0.493 e. The Morgan fingerprint density at radius 1 is 1.28 bits per heavy atom. The van der Waals surface area contributed by atoms with Gasteiger partial charge in [-0.25, -0.2) is 4.98 Å². The van der Waals surface area contributed by atoms with Gasteiger partial charge in [-0.2, -0.15) is 0 Å². The highest BCUT2D eigenvalue weighted by Gasteiger charge is 2.61. The van der Waals surface area contributed by atoms with Crippen LogP contribution in [0.5, 0.6) is 11.5 Å². The number of amides is 1. The van der Waals surface area contributed by atoms with E-state index in [9.17, 15) is 4.79 Å². The van der Waals surface area contributed by atoms with Crippen LogP contribution in [0.25, 0.3) is 10.6 Å². The maximum Gasteiger partial charge on any atom is 0.265 e. The number of aromatic nitrogens is 1. The van der Waals surface area contributed by atoms with Crippen LogP contribution in [0.4, 0.5) is 0 Å². The Kier molecular flexibility index (Phi) is 5.07. The summed E-state index contributed by atoms with van der Waals surface area (Å²) in [6.45, 7) is 7.08. The molecule has 7 heteroatoms. The van der Waals surface area contributed by atoms with Crippen molar-refractivity contribution >= 4 is 17.2 Å². The fraction of sp³-hybridized carbons (Fsp3) is 0.545. The van der Waals surface area contributed by atoms with E-state index in [1.807, 2.05) is 37.1 Å². The second-order valence-electron chi connectivity index (χ2n) is 8.43. The lowest BCUT2D eigenvalue weighted by Crippen LogP contribution is -2.66. The molecular weight excluding hydrogens is 388 g/mol. The highest BCUT2D eigenvalue weighted by Crippen LogP contribution is 2.54. The molecule has 1 aliphatic heterocycles. The van der Waals surface area contributed by atoms with Crippen LogP contribution < -0.4 is 9.47 Å². The van der Waals surface area contributed by atoms with Crippen LogP contribution in [-0.4, -0.2) is 55.8 Å². The topological polar surface area (TPSA) is 60.9 Å². The molecule has 1 aliphatic carbocycles. The van der Waals surface area contributed by atoms with Crippen LogP contribution in [0.1, 0.15) is 35.6 Å². The molecule has 3 atom stereocenters. The maximum atomic E-state index is 13.4. The summed E-state index contributed by atoms with van der Waals surface area (Å²) in [5.74, 6) is 1.78. The molecule has 0 unspecified atom stereocenters. The molecule has 29 heavy (non-hydrogen) atoms. The molecular formula is C22H28N2O4S. The number of hydrogen-bond donors (Lipinski definition) is 0. The van der Waals surface area contributed by atoms with Gasteiger partial charge in [-0.15, -0.1) is 11.3 Å². The van der Waals surface area contributed by atoms with Crippen molar-refractivity contribution in [3.8, 4) is 22.1 Å². The maximum absolute atomic E-state index is 13.4. The lowest BCUT2D eigenvalue weighted by atomic mass is 9.57. The summed E-state index contributed by atoms with van der Waals surface area (Å²) in [5, 5.41) is 0.801. The van der Waals surface area contributed by atoms with Crippen molar-refractivity contribution in [1.29, 1.82) is 0 Å². The number of nitrogens with zero attached hydrogens (tertiary/aromatic N) is 2. The lowest BCUT2D eigenvalue weighted by Gasteiger charge is -2.57. The Labute approximate surface area is 175 Å². The first-order valence-corrected chi connectivity index (χ1v) is 10.7. The number of methoxy groups -OCH3 is 2. The first-order chi connectivity index (χ1) is 13.8. The molecule has 6 nitrogen and oxygen atoms in total. The Bertz CT molecular complexity index is 939. The molecule has 2 aromatic rings. The summed E-state index contributed by atoms with van der Waals surface area (Å²) in [4.78, 5) is 20.6. The van der Waals surface area contributed by atoms with Crippen molar-refractivity contribution in [3.63, 3.8) is 0 Å². The molecule has 0 N–H and O–H groups in total. The van der Waals surface area contributed by atoms with Crippen LogP contribution in [0.2, 0.25) is 0 Å². The van der Waals surface area contributed by atoms with E-state index >= 15 is 0 Å². The summed E-state index contributed by atoms with van der Waals surface area (Å²) in [6, 6.07) is 5.88. The van der Waals surface area contributed by atoms with Gasteiger partial charge in [0, 0.05) is 36.6 Å². The van der Waals surface area contributed by atoms with Crippen molar-refractivity contribution in [2.24, 2.45) is 11.3 Å². The minimum atomic E-state index is -0.0314. The van der Waals surface area contributed by atoms with Gasteiger partial charge in [0.15, 0.2) is 11.5 Å². The Morgan fingerprint density at radius 3 is 2.69 bits per heavy atom. The van der Waals surface area contributed by atoms with E-state index in [0.717, 1.165) is 29.3 Å². The smallest absolute Gasteiger partial charge is 0.265 e. The van der Waals surface area contributed by atoms with Crippen LogP contribution in [0.3, 0.4) is 0 Å². The highest BCUT2D eigenvalue weighted by atomic mass is 32.1. The molecule has 2 heterocycles. The van der Waals surface area contributed by atoms with Crippen molar-refractivity contribution in [2.45, 2.75) is 39.3 Å². The van der Waals surface area contributed by atoms with Gasteiger partial charge >= 0.3 is 0 Å². The van der Waals surface area contributed by atoms with Gasteiger partial charge in [0.2, 0.25) is 0 Å². The summed E-state index contributed by atoms with van der Waals surface area (Å²) in [6.07, 6.45) is 1.28. The van der Waals surface area contributed by atoms with Gasteiger partial charge in [0.1, 0.15) is 9.88 Å². The standard InChI is InChI=1S/C22H28N2O4S/c1-12-17(21(25)24(4)18-14-9-10-28-19(14)22(18,2)3)29-20(23-12)13-7-8-15(26-5)16(11-13)27-6/h7-8,11,14,18-19H,9-10H2,1-6H3/t14-,18-,19-/m1/s1. The molecule has 2 aliphatic rings. The van der Waals surface area contributed by atoms with Crippen molar-refractivity contribution in [2.75, 3.05) is 27.9 Å². The molecule has 1 saturated carbocycles. The Hall–Kier alpha value is -2.12. The predicted molar refractivity (Wildman–Crippen MR) is 113 cm³/mol. The number of carbonyl (C=O) groups is 1. The number of thiazole rings is 1. The molecule has 1 saturated heterocycles. The van der Waals surface area contributed by atoms with Crippen LogP contribution >= 0.6 is 11.3 Å². The zero-order valence-corrected chi connectivity index (χ0v) is 18.6. The number of aryl methyl sites for hydroxylation is 1. The molecule has 0 spiro atoms. The van der Waals surface area contributed by atoms with Crippen LogP contribution in [0.15, 0.2) is 18.2 Å². The second-order valence-corrected chi connectivity index (χ2v) is 9.43. The fourth-order valence-corrected chi connectivity index (χ4v) is 6.10. The SMILES string of the molecule is COc1ccc(-c2nc(C)c(C(=O)N(C)[C@@H]3[C@H]4CCO[C@H]4C3(C)C)s2)cc1OC. The monoisotopic (exact) mass is 416 g/mol.